The molecule has 0 bridgehead atoms. The minimum absolute atomic E-state index is 0.0525. The van der Waals surface area contributed by atoms with Crippen LogP contribution in [0.4, 0.5) is 0 Å². The van der Waals surface area contributed by atoms with Gasteiger partial charge < -0.3 is 19.4 Å². The van der Waals surface area contributed by atoms with Gasteiger partial charge in [0.25, 0.3) is 0 Å². The van der Waals surface area contributed by atoms with E-state index in [-0.39, 0.29) is 13.0 Å². The lowest BCUT2D eigenvalue weighted by Gasteiger charge is -2.35. The van der Waals surface area contributed by atoms with Crippen molar-refractivity contribution in [3.63, 3.8) is 0 Å². The molecule has 0 saturated carbocycles. The first-order chi connectivity index (χ1) is 15.0. The quantitative estimate of drug-likeness (QED) is 0.0729. The number of aliphatic hydroxyl groups is 1. The number of nitrogens with zero attached hydrogens (tertiary/aromatic N) is 1. The van der Waals surface area contributed by atoms with Gasteiger partial charge in [0, 0.05) is 0 Å². The molecule has 0 amide bonds. The summed E-state index contributed by atoms with van der Waals surface area (Å²) in [7, 11) is 0.953. The van der Waals surface area contributed by atoms with E-state index in [1.54, 1.807) is 0 Å². The van der Waals surface area contributed by atoms with Gasteiger partial charge in [-0.3, -0.25) is 4.57 Å². The first-order valence-corrected chi connectivity index (χ1v) is 14.5. The summed E-state index contributed by atoms with van der Waals surface area (Å²) in [6.45, 7) is 2.31. The van der Waals surface area contributed by atoms with Crippen LogP contribution in [0.1, 0.15) is 110 Å². The van der Waals surface area contributed by atoms with E-state index in [4.69, 9.17) is 0 Å². The second kappa shape index (κ2) is 18.0. The number of quaternary nitrogens is 1. The molecule has 0 aromatic rings. The fraction of sp³-hybridized carbons (Fsp3) is 0.846. The molecular weight excluding hydrogens is 421 g/mol. The van der Waals surface area contributed by atoms with Gasteiger partial charge in [-0.2, -0.15) is 0 Å². The second-order valence-corrected chi connectivity index (χ2v) is 12.3. The zero-order chi connectivity index (χ0) is 24.3. The lowest BCUT2D eigenvalue weighted by molar-refractivity contribution is -0.875. The largest absolute Gasteiger partial charge is 0.373 e. The number of likely N-dealkylation sites (N-methyl/N-ethyl adjacent to an activating group) is 1. The van der Waals surface area contributed by atoms with Gasteiger partial charge in [-0.15, -0.1) is 0 Å². The molecule has 0 heterocycles. The van der Waals surface area contributed by atoms with Crippen LogP contribution in [0.3, 0.4) is 0 Å². The molecule has 1 atom stereocenters. The molecule has 5 nitrogen and oxygen atoms in total. The summed E-state index contributed by atoms with van der Waals surface area (Å²) in [4.78, 5) is 19.2. The van der Waals surface area contributed by atoms with E-state index in [0.717, 1.165) is 38.5 Å². The highest BCUT2D eigenvalue weighted by molar-refractivity contribution is 7.53. The van der Waals surface area contributed by atoms with Crippen LogP contribution < -0.4 is 0 Å². The van der Waals surface area contributed by atoms with Crippen molar-refractivity contribution in [1.82, 2.24) is 0 Å². The van der Waals surface area contributed by atoms with E-state index in [9.17, 15) is 19.5 Å². The molecule has 1 unspecified atom stereocenters. The van der Waals surface area contributed by atoms with Crippen LogP contribution in [0.5, 0.6) is 0 Å². The Labute approximate surface area is 198 Å². The Hall–Kier alpha value is -0.450. The van der Waals surface area contributed by atoms with Crippen LogP contribution in [0, 0.1) is 0 Å². The molecule has 0 aromatic carbocycles. The first kappa shape index (κ1) is 31.6. The highest BCUT2D eigenvalue weighted by Gasteiger charge is 2.48. The van der Waals surface area contributed by atoms with Gasteiger partial charge in [0.05, 0.1) is 21.1 Å². The summed E-state index contributed by atoms with van der Waals surface area (Å²) < 4.78 is 12.1. The standard InChI is InChI=1S/C26H52NO4P/c1-5-6-7-8-9-10-11-12-13-14-15-16-17-18-19-20-21-22-23-24-26(28,32(29,30)31)25-27(2,3)4/h11-12,16-17,28H,5-10,13-15,18-25H2,1-4H3,(H-,29,30,31)/p+1/b12-11-,17-16-. The van der Waals surface area contributed by atoms with Gasteiger partial charge in [-0.1, -0.05) is 76.2 Å². The van der Waals surface area contributed by atoms with Crippen LogP contribution >= 0.6 is 7.60 Å². The first-order valence-electron chi connectivity index (χ1n) is 12.9. The highest BCUT2D eigenvalue weighted by Crippen LogP contribution is 2.52. The average Bonchev–Trinajstić information content (AvgIpc) is 2.67. The van der Waals surface area contributed by atoms with Crippen molar-refractivity contribution in [3.8, 4) is 0 Å². The molecule has 190 valence electrons. The number of hydrogen-bond donors (Lipinski definition) is 3. The van der Waals surface area contributed by atoms with Gasteiger partial charge >= 0.3 is 7.60 Å². The van der Waals surface area contributed by atoms with Crippen molar-refractivity contribution >= 4 is 7.60 Å². The Morgan fingerprint density at radius 3 is 1.53 bits per heavy atom. The van der Waals surface area contributed by atoms with E-state index >= 15 is 0 Å². The van der Waals surface area contributed by atoms with E-state index < -0.39 is 12.9 Å². The predicted octanol–water partition coefficient (Wildman–Crippen LogP) is 6.93. The lowest BCUT2D eigenvalue weighted by atomic mass is 10.1. The highest BCUT2D eigenvalue weighted by atomic mass is 31.2. The zero-order valence-electron chi connectivity index (χ0n) is 21.5. The lowest BCUT2D eigenvalue weighted by Crippen LogP contribution is -2.49. The number of allylic oxidation sites excluding steroid dienone is 4. The molecule has 0 aliphatic heterocycles. The summed E-state index contributed by atoms with van der Waals surface area (Å²) in [5, 5.41) is 8.62. The van der Waals surface area contributed by atoms with Gasteiger partial charge in [-0.05, 0) is 57.8 Å². The van der Waals surface area contributed by atoms with Crippen molar-refractivity contribution in [3.05, 3.63) is 24.3 Å². The fourth-order valence-electron chi connectivity index (χ4n) is 3.97. The minimum Gasteiger partial charge on any atom is -0.373 e. The normalized spacial score (nSPS) is 15.1. The molecule has 3 N–H and O–H groups in total. The molecule has 0 aliphatic rings. The monoisotopic (exact) mass is 474 g/mol. The summed E-state index contributed by atoms with van der Waals surface area (Å²) in [5.74, 6) is 0. The van der Waals surface area contributed by atoms with Crippen LogP contribution in [-0.2, 0) is 4.57 Å². The van der Waals surface area contributed by atoms with Crippen molar-refractivity contribution in [2.75, 3.05) is 27.7 Å². The molecule has 0 spiro atoms. The Kier molecular flexibility index (Phi) is 17.7. The molecule has 32 heavy (non-hydrogen) atoms. The topological polar surface area (TPSA) is 77.8 Å². The number of hydrogen-bond acceptors (Lipinski definition) is 2. The van der Waals surface area contributed by atoms with Crippen molar-refractivity contribution in [2.45, 2.75) is 115 Å². The van der Waals surface area contributed by atoms with Crippen LogP contribution in [0.25, 0.3) is 0 Å². The smallest absolute Gasteiger partial charge is 0.362 e. The van der Waals surface area contributed by atoms with Gasteiger partial charge in [0.2, 0.25) is 5.34 Å². The molecule has 0 fully saturated rings. The maximum absolute atomic E-state index is 11.8. The Balaban J connectivity index is 3.69. The third-order valence-corrected chi connectivity index (χ3v) is 7.22. The SMILES string of the molecule is CCCCCCC/C=C\CCC/C=C\CCCCCCCC(O)(C[N+](C)(C)C)P(=O)(O)O. The Bertz CT molecular complexity index is 551. The van der Waals surface area contributed by atoms with Gasteiger partial charge in [0.15, 0.2) is 0 Å². The molecular formula is C26H53NO4P+. The van der Waals surface area contributed by atoms with Gasteiger partial charge in [-0.25, -0.2) is 0 Å². The minimum atomic E-state index is -4.55. The summed E-state index contributed by atoms with van der Waals surface area (Å²) >= 11 is 0. The molecule has 0 saturated heterocycles. The summed E-state index contributed by atoms with van der Waals surface area (Å²) in [5.41, 5.74) is 0. The molecule has 0 aliphatic carbocycles. The number of unbranched alkanes of at least 4 members (excludes halogenated alkanes) is 12. The maximum atomic E-state index is 11.8. The maximum Gasteiger partial charge on any atom is 0.362 e. The fourth-order valence-corrected chi connectivity index (χ4v) is 5.03. The number of rotatable bonds is 21. The zero-order valence-corrected chi connectivity index (χ0v) is 22.4. The summed E-state index contributed by atoms with van der Waals surface area (Å²) in [6, 6.07) is 0. The van der Waals surface area contributed by atoms with E-state index in [0.29, 0.717) is 10.9 Å². The van der Waals surface area contributed by atoms with Crippen LogP contribution in [-0.4, -0.2) is 52.4 Å². The van der Waals surface area contributed by atoms with E-state index in [1.165, 1.54) is 51.4 Å². The molecule has 0 radical (unpaired) electrons. The van der Waals surface area contributed by atoms with Crippen LogP contribution in [0.15, 0.2) is 24.3 Å². The van der Waals surface area contributed by atoms with Crippen molar-refractivity contribution in [1.29, 1.82) is 0 Å². The molecule has 0 rings (SSSR count). The second-order valence-electron chi connectivity index (χ2n) is 10.4. The Morgan fingerprint density at radius 2 is 1.09 bits per heavy atom. The summed E-state index contributed by atoms with van der Waals surface area (Å²) in [6.07, 6.45) is 26.9. The third-order valence-electron chi connectivity index (χ3n) is 5.77. The Morgan fingerprint density at radius 1 is 0.688 bits per heavy atom. The third kappa shape index (κ3) is 18.0. The molecule has 6 heteroatoms. The van der Waals surface area contributed by atoms with Crippen LogP contribution in [0.2, 0.25) is 0 Å². The molecule has 0 aromatic heterocycles. The van der Waals surface area contributed by atoms with E-state index in [1.807, 2.05) is 21.1 Å². The van der Waals surface area contributed by atoms with Crippen molar-refractivity contribution in [2.24, 2.45) is 0 Å². The van der Waals surface area contributed by atoms with Gasteiger partial charge in [0.1, 0.15) is 6.54 Å². The average molecular weight is 475 g/mol. The van der Waals surface area contributed by atoms with Crippen molar-refractivity contribution < 1.29 is 23.9 Å². The predicted molar refractivity (Wildman–Crippen MR) is 138 cm³/mol. The van der Waals surface area contributed by atoms with E-state index in [2.05, 4.69) is 31.2 Å².